The van der Waals surface area contributed by atoms with E-state index < -0.39 is 18.4 Å². The summed E-state index contributed by atoms with van der Waals surface area (Å²) in [5, 5.41) is 9.19. The molecule has 0 aliphatic heterocycles. The molecule has 0 spiro atoms. The number of halogens is 3. The van der Waals surface area contributed by atoms with Crippen LogP contribution in [0, 0.1) is 5.82 Å². The van der Waals surface area contributed by atoms with Crippen LogP contribution in [0.2, 0.25) is 10.0 Å². The van der Waals surface area contributed by atoms with E-state index >= 15 is 0 Å². The molecule has 0 saturated carbocycles. The summed E-state index contributed by atoms with van der Waals surface area (Å²) in [4.78, 5) is 15.6. The number of nitrogens with two attached hydrogens (primary N) is 1. The molecule has 0 aliphatic carbocycles. The van der Waals surface area contributed by atoms with Crippen LogP contribution < -0.4 is 5.73 Å². The minimum atomic E-state index is -0.796. The SMILES string of the molecule is COC(=O)c1nc(-c2ccc(Cl)c(CO)c2F)cc(N)c1Cl. The number of carbonyl (C=O) groups excluding carboxylic acids is 1. The van der Waals surface area contributed by atoms with E-state index in [9.17, 15) is 14.3 Å². The molecule has 0 fully saturated rings. The number of benzene rings is 1. The standard InChI is InChI=1S/C14H11Cl2FN2O3/c1-22-14(21)13-11(16)9(18)4-10(19-13)6-2-3-8(15)7(5-20)12(6)17/h2-4,20H,5H2,1H3,(H2,18,19). The van der Waals surface area contributed by atoms with Gasteiger partial charge in [0.15, 0.2) is 5.69 Å². The van der Waals surface area contributed by atoms with Gasteiger partial charge in [-0.05, 0) is 18.2 Å². The number of aromatic nitrogens is 1. The topological polar surface area (TPSA) is 85.4 Å². The molecule has 8 heteroatoms. The minimum absolute atomic E-state index is 0.0296. The molecule has 2 rings (SSSR count). The van der Waals surface area contributed by atoms with Crippen molar-refractivity contribution in [3.05, 3.63) is 45.3 Å². The van der Waals surface area contributed by atoms with Gasteiger partial charge in [0.1, 0.15) is 5.82 Å². The number of aliphatic hydroxyl groups is 1. The summed E-state index contributed by atoms with van der Waals surface area (Å²) in [6.45, 7) is -0.578. The average molecular weight is 345 g/mol. The molecule has 0 aliphatic rings. The van der Waals surface area contributed by atoms with E-state index in [2.05, 4.69) is 9.72 Å². The van der Waals surface area contributed by atoms with E-state index in [4.69, 9.17) is 28.9 Å². The number of hydrogen-bond donors (Lipinski definition) is 2. The van der Waals surface area contributed by atoms with Crippen LogP contribution in [0.1, 0.15) is 16.1 Å². The summed E-state index contributed by atoms with van der Waals surface area (Å²) in [5.41, 5.74) is 5.58. The Morgan fingerprint density at radius 1 is 1.45 bits per heavy atom. The largest absolute Gasteiger partial charge is 0.464 e. The Hall–Kier alpha value is -1.89. The van der Waals surface area contributed by atoms with E-state index in [1.165, 1.54) is 18.2 Å². The predicted octanol–water partition coefficient (Wildman–Crippen LogP) is 3.06. The second-order valence-corrected chi connectivity index (χ2v) is 5.08. The summed E-state index contributed by atoms with van der Waals surface area (Å²) in [5.74, 6) is -1.55. The van der Waals surface area contributed by atoms with Crippen molar-refractivity contribution in [2.24, 2.45) is 0 Å². The van der Waals surface area contributed by atoms with Crippen molar-refractivity contribution in [1.82, 2.24) is 4.98 Å². The molecule has 5 nitrogen and oxygen atoms in total. The molecule has 22 heavy (non-hydrogen) atoms. The zero-order chi connectivity index (χ0) is 16.4. The minimum Gasteiger partial charge on any atom is -0.464 e. The van der Waals surface area contributed by atoms with Crippen molar-refractivity contribution in [2.45, 2.75) is 6.61 Å². The second kappa shape index (κ2) is 6.48. The van der Waals surface area contributed by atoms with E-state index in [1.807, 2.05) is 0 Å². The summed E-state index contributed by atoms with van der Waals surface area (Å²) in [7, 11) is 1.16. The molecule has 2 aromatic rings. The normalized spacial score (nSPS) is 10.6. The van der Waals surface area contributed by atoms with Gasteiger partial charge in [-0.25, -0.2) is 14.2 Å². The maximum Gasteiger partial charge on any atom is 0.358 e. The molecule has 0 atom stereocenters. The molecule has 0 amide bonds. The maximum absolute atomic E-state index is 14.4. The first kappa shape index (κ1) is 16.5. The number of ether oxygens (including phenoxy) is 1. The molecule has 0 unspecified atom stereocenters. The van der Waals surface area contributed by atoms with Crippen molar-refractivity contribution < 1.29 is 19.0 Å². The molecule has 0 bridgehead atoms. The van der Waals surface area contributed by atoms with Crippen LogP contribution in [0.4, 0.5) is 10.1 Å². The first-order chi connectivity index (χ1) is 10.4. The monoisotopic (exact) mass is 344 g/mol. The lowest BCUT2D eigenvalue weighted by Gasteiger charge is -2.11. The fourth-order valence-corrected chi connectivity index (χ4v) is 2.24. The number of hydrogen-bond acceptors (Lipinski definition) is 5. The predicted molar refractivity (Wildman–Crippen MR) is 81.3 cm³/mol. The summed E-state index contributed by atoms with van der Waals surface area (Å²) < 4.78 is 19.0. The quantitative estimate of drug-likeness (QED) is 0.835. The van der Waals surface area contributed by atoms with Crippen molar-refractivity contribution in [1.29, 1.82) is 0 Å². The fraction of sp³-hybridized carbons (Fsp3) is 0.143. The Labute approximate surface area is 135 Å². The lowest BCUT2D eigenvalue weighted by molar-refractivity contribution is 0.0594. The molecular weight excluding hydrogens is 334 g/mol. The Balaban J connectivity index is 2.69. The molecule has 0 radical (unpaired) electrons. The van der Waals surface area contributed by atoms with Crippen molar-refractivity contribution in [3.63, 3.8) is 0 Å². The zero-order valence-electron chi connectivity index (χ0n) is 11.4. The molecule has 0 saturated heterocycles. The van der Waals surface area contributed by atoms with Crippen LogP contribution in [0.3, 0.4) is 0 Å². The van der Waals surface area contributed by atoms with Gasteiger partial charge in [-0.1, -0.05) is 23.2 Å². The molecule has 116 valence electrons. The number of methoxy groups -OCH3 is 1. The van der Waals surface area contributed by atoms with Crippen LogP contribution in [-0.4, -0.2) is 23.2 Å². The Morgan fingerprint density at radius 2 is 2.14 bits per heavy atom. The zero-order valence-corrected chi connectivity index (χ0v) is 12.9. The number of aliphatic hydroxyl groups excluding tert-OH is 1. The maximum atomic E-state index is 14.4. The Bertz CT molecular complexity index is 753. The third kappa shape index (κ3) is 2.85. The number of anilines is 1. The van der Waals surface area contributed by atoms with Crippen molar-refractivity contribution in [2.75, 3.05) is 12.8 Å². The van der Waals surface area contributed by atoms with Crippen LogP contribution >= 0.6 is 23.2 Å². The highest BCUT2D eigenvalue weighted by Crippen LogP contribution is 2.32. The summed E-state index contributed by atoms with van der Waals surface area (Å²) in [6.07, 6.45) is 0. The Morgan fingerprint density at radius 3 is 2.73 bits per heavy atom. The van der Waals surface area contributed by atoms with E-state index in [0.29, 0.717) is 0 Å². The van der Waals surface area contributed by atoms with Gasteiger partial charge in [0, 0.05) is 16.1 Å². The van der Waals surface area contributed by atoms with Gasteiger partial charge in [0.05, 0.1) is 30.1 Å². The van der Waals surface area contributed by atoms with E-state index in [1.54, 1.807) is 0 Å². The van der Waals surface area contributed by atoms with E-state index in [0.717, 1.165) is 7.11 Å². The first-order valence-electron chi connectivity index (χ1n) is 6.03. The molecule has 1 heterocycles. The number of pyridine rings is 1. The third-order valence-corrected chi connectivity index (χ3v) is 3.74. The number of esters is 1. The third-order valence-electron chi connectivity index (χ3n) is 2.98. The van der Waals surface area contributed by atoms with Gasteiger partial charge in [0.2, 0.25) is 0 Å². The average Bonchev–Trinajstić information content (AvgIpc) is 2.50. The van der Waals surface area contributed by atoms with Gasteiger partial charge in [-0.15, -0.1) is 0 Å². The van der Waals surface area contributed by atoms with Crippen LogP contribution in [-0.2, 0) is 11.3 Å². The highest BCUT2D eigenvalue weighted by Gasteiger charge is 2.20. The molecule has 1 aromatic carbocycles. The molecular formula is C14H11Cl2FN2O3. The number of nitrogen functional groups attached to an aromatic ring is 1. The van der Waals surface area contributed by atoms with Gasteiger partial charge in [-0.3, -0.25) is 0 Å². The van der Waals surface area contributed by atoms with Crippen LogP contribution in [0.15, 0.2) is 18.2 Å². The summed E-state index contributed by atoms with van der Waals surface area (Å²) >= 11 is 11.7. The lowest BCUT2D eigenvalue weighted by atomic mass is 10.1. The summed E-state index contributed by atoms with van der Waals surface area (Å²) in [6, 6.07) is 4.10. The number of rotatable bonds is 3. The van der Waals surface area contributed by atoms with E-state index in [-0.39, 0.29) is 38.2 Å². The molecule has 1 aromatic heterocycles. The second-order valence-electron chi connectivity index (χ2n) is 4.30. The molecule has 3 N–H and O–H groups in total. The van der Waals surface area contributed by atoms with Crippen molar-refractivity contribution in [3.8, 4) is 11.3 Å². The first-order valence-corrected chi connectivity index (χ1v) is 6.78. The highest BCUT2D eigenvalue weighted by atomic mass is 35.5. The van der Waals surface area contributed by atoms with Gasteiger partial charge < -0.3 is 15.6 Å². The van der Waals surface area contributed by atoms with Crippen LogP contribution in [0.25, 0.3) is 11.3 Å². The fourth-order valence-electron chi connectivity index (χ4n) is 1.86. The smallest absolute Gasteiger partial charge is 0.358 e. The highest BCUT2D eigenvalue weighted by molar-refractivity contribution is 6.35. The van der Waals surface area contributed by atoms with Crippen molar-refractivity contribution >= 4 is 34.9 Å². The Kier molecular flexibility index (Phi) is 4.85. The number of nitrogens with zero attached hydrogens (tertiary/aromatic N) is 1. The van der Waals surface area contributed by atoms with Crippen LogP contribution in [0.5, 0.6) is 0 Å². The van der Waals surface area contributed by atoms with Gasteiger partial charge in [0.25, 0.3) is 0 Å². The van der Waals surface area contributed by atoms with Gasteiger partial charge >= 0.3 is 5.97 Å². The van der Waals surface area contributed by atoms with Gasteiger partial charge in [-0.2, -0.15) is 0 Å². The lowest BCUT2D eigenvalue weighted by Crippen LogP contribution is -2.08. The number of carbonyl (C=O) groups is 1.